The van der Waals surface area contributed by atoms with E-state index in [-0.39, 0.29) is 6.04 Å². The van der Waals surface area contributed by atoms with Crippen molar-refractivity contribution in [3.8, 4) is 0 Å². The zero-order valence-electron chi connectivity index (χ0n) is 22.4. The van der Waals surface area contributed by atoms with Gasteiger partial charge >= 0.3 is 0 Å². The second kappa shape index (κ2) is 9.68. The molecule has 1 unspecified atom stereocenters. The van der Waals surface area contributed by atoms with Gasteiger partial charge in [-0.25, -0.2) is 9.97 Å². The number of hydrogen-bond acceptors (Lipinski definition) is 4. The molecule has 1 atom stereocenters. The Hall–Kier alpha value is -5.35. The first-order valence-electron chi connectivity index (χ1n) is 14.0. The van der Waals surface area contributed by atoms with Crippen LogP contribution in [0.15, 0.2) is 139 Å². The topological polar surface area (TPSA) is 41.4 Å². The van der Waals surface area contributed by atoms with Crippen LogP contribution in [0.2, 0.25) is 0 Å². The largest absolute Gasteiger partial charge is 0.257 e. The van der Waals surface area contributed by atoms with E-state index in [0.717, 1.165) is 50.7 Å². The number of anilines is 1. The predicted octanol–water partition coefficient (Wildman–Crippen LogP) is 9.11. The summed E-state index contributed by atoms with van der Waals surface area (Å²) in [5.41, 5.74) is 8.56. The van der Waals surface area contributed by atoms with Crippen molar-refractivity contribution in [2.45, 2.75) is 12.5 Å². The SMILES string of the molecule is C(=Cc1c2ccccc2nc2ccccc12)C1=NN(c2ccccc2)C(c2c3ccccc3nc3ccccc23)C1. The van der Waals surface area contributed by atoms with Crippen molar-refractivity contribution in [3.63, 3.8) is 0 Å². The Bertz CT molecular complexity index is 2040. The van der Waals surface area contributed by atoms with Gasteiger partial charge in [0.25, 0.3) is 0 Å². The standard InChI is InChI=1S/C37H26N4/c1-2-12-26(13-3-1)41-36(37-30-16-6-10-20-34(30)39-35-21-11-7-17-31(35)37)24-25(40-41)22-23-27-28-14-4-8-18-32(28)38-33-19-9-5-15-29(27)33/h1-23,36H,24H2. The van der Waals surface area contributed by atoms with Gasteiger partial charge in [-0.1, -0.05) is 97.1 Å². The summed E-state index contributed by atoms with van der Waals surface area (Å²) in [6.07, 6.45) is 5.19. The van der Waals surface area contributed by atoms with Crippen molar-refractivity contribution in [1.82, 2.24) is 9.97 Å². The van der Waals surface area contributed by atoms with Crippen molar-refractivity contribution in [2.75, 3.05) is 5.01 Å². The molecule has 0 aliphatic carbocycles. The minimum Gasteiger partial charge on any atom is -0.257 e. The lowest BCUT2D eigenvalue weighted by Crippen LogP contribution is -2.19. The van der Waals surface area contributed by atoms with Crippen LogP contribution in [-0.4, -0.2) is 15.7 Å². The van der Waals surface area contributed by atoms with E-state index in [1.165, 1.54) is 21.9 Å². The second-order valence-corrected chi connectivity index (χ2v) is 10.4. The molecule has 0 radical (unpaired) electrons. The third-order valence-corrected chi connectivity index (χ3v) is 7.99. The molecule has 4 nitrogen and oxygen atoms in total. The fourth-order valence-corrected chi connectivity index (χ4v) is 6.14. The highest BCUT2D eigenvalue weighted by atomic mass is 15.5. The lowest BCUT2D eigenvalue weighted by molar-refractivity contribution is 0.719. The average molecular weight is 527 g/mol. The van der Waals surface area contributed by atoms with E-state index in [4.69, 9.17) is 15.1 Å². The Balaban J connectivity index is 1.29. The third kappa shape index (κ3) is 4.04. The zero-order valence-corrected chi connectivity index (χ0v) is 22.4. The Kier molecular flexibility index (Phi) is 5.56. The van der Waals surface area contributed by atoms with E-state index in [0.29, 0.717) is 0 Å². The summed E-state index contributed by atoms with van der Waals surface area (Å²) in [5, 5.41) is 12.0. The van der Waals surface area contributed by atoms with E-state index < -0.39 is 0 Å². The van der Waals surface area contributed by atoms with Crippen LogP contribution in [0.1, 0.15) is 23.6 Å². The van der Waals surface area contributed by atoms with Gasteiger partial charge < -0.3 is 0 Å². The van der Waals surface area contributed by atoms with Crippen LogP contribution in [0.5, 0.6) is 0 Å². The quantitative estimate of drug-likeness (QED) is 0.215. The van der Waals surface area contributed by atoms with Gasteiger partial charge in [-0.3, -0.25) is 5.01 Å². The van der Waals surface area contributed by atoms with E-state index in [1.807, 2.05) is 12.1 Å². The highest BCUT2D eigenvalue weighted by Gasteiger charge is 2.31. The second-order valence-electron chi connectivity index (χ2n) is 10.4. The molecule has 194 valence electrons. The monoisotopic (exact) mass is 526 g/mol. The lowest BCUT2D eigenvalue weighted by Gasteiger charge is -2.26. The third-order valence-electron chi connectivity index (χ3n) is 7.99. The molecule has 5 aromatic carbocycles. The summed E-state index contributed by atoms with van der Waals surface area (Å²) < 4.78 is 0. The lowest BCUT2D eigenvalue weighted by atomic mass is 9.93. The molecule has 0 N–H and O–H groups in total. The molecule has 0 saturated heterocycles. The van der Waals surface area contributed by atoms with Gasteiger partial charge in [0.2, 0.25) is 0 Å². The van der Waals surface area contributed by atoms with Crippen molar-refractivity contribution in [1.29, 1.82) is 0 Å². The van der Waals surface area contributed by atoms with Crippen LogP contribution in [0.25, 0.3) is 49.7 Å². The summed E-state index contributed by atoms with van der Waals surface area (Å²) in [7, 11) is 0. The predicted molar refractivity (Wildman–Crippen MR) is 171 cm³/mol. The number of hydrazone groups is 1. The first-order chi connectivity index (χ1) is 20.3. The summed E-state index contributed by atoms with van der Waals surface area (Å²) in [5.74, 6) is 0. The molecule has 0 bridgehead atoms. The van der Waals surface area contributed by atoms with Crippen LogP contribution in [0, 0.1) is 0 Å². The molecule has 7 aromatic rings. The smallest absolute Gasteiger partial charge is 0.0844 e. The number of hydrogen-bond donors (Lipinski definition) is 0. The Labute approximate surface area is 237 Å². The fraction of sp³-hybridized carbons (Fsp3) is 0.0541. The van der Waals surface area contributed by atoms with Crippen LogP contribution < -0.4 is 5.01 Å². The average Bonchev–Trinajstić information content (AvgIpc) is 3.46. The maximum Gasteiger partial charge on any atom is 0.0844 e. The van der Waals surface area contributed by atoms with Gasteiger partial charge in [0.15, 0.2) is 0 Å². The molecule has 0 fully saturated rings. The van der Waals surface area contributed by atoms with Gasteiger partial charge in [0.05, 0.1) is 39.5 Å². The fourth-order valence-electron chi connectivity index (χ4n) is 6.14. The number of nitrogens with zero attached hydrogens (tertiary/aromatic N) is 4. The van der Waals surface area contributed by atoms with Gasteiger partial charge in [-0.2, -0.15) is 5.10 Å². The van der Waals surface area contributed by atoms with E-state index >= 15 is 0 Å². The highest BCUT2D eigenvalue weighted by molar-refractivity contribution is 6.08. The van der Waals surface area contributed by atoms with E-state index in [2.05, 4.69) is 132 Å². The van der Waals surface area contributed by atoms with Crippen molar-refractivity contribution in [2.24, 2.45) is 5.10 Å². The van der Waals surface area contributed by atoms with Crippen molar-refractivity contribution in [3.05, 3.63) is 145 Å². The maximum absolute atomic E-state index is 5.23. The van der Waals surface area contributed by atoms with Gasteiger partial charge in [0.1, 0.15) is 0 Å². The first-order valence-corrected chi connectivity index (χ1v) is 14.0. The van der Waals surface area contributed by atoms with E-state index in [9.17, 15) is 0 Å². The van der Waals surface area contributed by atoms with Gasteiger partial charge in [-0.15, -0.1) is 0 Å². The molecule has 2 aromatic heterocycles. The number of fused-ring (bicyclic) bond motifs is 4. The number of allylic oxidation sites excluding steroid dienone is 1. The molecule has 41 heavy (non-hydrogen) atoms. The maximum atomic E-state index is 5.23. The molecule has 0 saturated carbocycles. The summed E-state index contributed by atoms with van der Waals surface area (Å²) in [6, 6.07) is 44.1. The van der Waals surface area contributed by atoms with Gasteiger partial charge in [0, 0.05) is 28.0 Å². The Morgan fingerprint density at radius 3 is 1.54 bits per heavy atom. The minimum absolute atomic E-state index is 0.0285. The molecule has 0 amide bonds. The van der Waals surface area contributed by atoms with Crippen LogP contribution in [-0.2, 0) is 0 Å². The molecule has 4 heteroatoms. The number of benzene rings is 5. The highest BCUT2D eigenvalue weighted by Crippen LogP contribution is 2.41. The minimum atomic E-state index is 0.0285. The molecule has 1 aliphatic heterocycles. The molecule has 1 aliphatic rings. The Morgan fingerprint density at radius 1 is 0.512 bits per heavy atom. The first kappa shape index (κ1) is 23.5. The number of rotatable bonds is 4. The summed E-state index contributed by atoms with van der Waals surface area (Å²) in [4.78, 5) is 9.89. The van der Waals surface area contributed by atoms with E-state index in [1.54, 1.807) is 0 Å². The summed E-state index contributed by atoms with van der Waals surface area (Å²) in [6.45, 7) is 0. The van der Waals surface area contributed by atoms with Crippen molar-refractivity contribution < 1.29 is 0 Å². The zero-order chi connectivity index (χ0) is 27.2. The molecule has 0 spiro atoms. The number of para-hydroxylation sites is 5. The van der Waals surface area contributed by atoms with Crippen LogP contribution in [0.3, 0.4) is 0 Å². The molecule has 3 heterocycles. The van der Waals surface area contributed by atoms with Crippen LogP contribution in [0.4, 0.5) is 5.69 Å². The summed E-state index contributed by atoms with van der Waals surface area (Å²) >= 11 is 0. The van der Waals surface area contributed by atoms with Crippen molar-refractivity contribution >= 4 is 61.1 Å². The van der Waals surface area contributed by atoms with Crippen LogP contribution >= 0.6 is 0 Å². The number of pyridine rings is 2. The normalized spacial score (nSPS) is 15.5. The van der Waals surface area contributed by atoms with Gasteiger partial charge in [-0.05, 0) is 53.6 Å². The Morgan fingerprint density at radius 2 is 0.976 bits per heavy atom. The molecular formula is C37H26N4. The molecule has 8 rings (SSSR count). The molecular weight excluding hydrogens is 500 g/mol. The number of aromatic nitrogens is 2.